The number of hydrogen-bond donors (Lipinski definition) is 2. The Kier molecular flexibility index (Phi) is 4.10. The zero-order chi connectivity index (χ0) is 14.0. The molecule has 0 aromatic heterocycles. The molecule has 1 heterocycles. The number of rotatable bonds is 3. The molecular formula is C12H19N3O3S. The molecule has 0 saturated carbocycles. The van der Waals surface area contributed by atoms with Crippen LogP contribution in [-0.4, -0.2) is 38.0 Å². The number of morpholine rings is 1. The molecule has 2 rings (SSSR count). The lowest BCUT2D eigenvalue weighted by Crippen LogP contribution is -2.50. The number of anilines is 1. The highest BCUT2D eigenvalue weighted by atomic mass is 32.2. The molecule has 0 aliphatic carbocycles. The molecule has 0 radical (unpaired) electrons. The average molecular weight is 285 g/mol. The molecule has 1 aliphatic rings. The van der Waals surface area contributed by atoms with Gasteiger partial charge in [0.15, 0.2) is 0 Å². The Labute approximate surface area is 113 Å². The maximum Gasteiger partial charge on any atom is 0.245 e. The van der Waals surface area contributed by atoms with Gasteiger partial charge in [0.2, 0.25) is 10.0 Å². The van der Waals surface area contributed by atoms with Gasteiger partial charge in [-0.25, -0.2) is 8.42 Å². The summed E-state index contributed by atoms with van der Waals surface area (Å²) in [5.74, 6) is 5.38. The van der Waals surface area contributed by atoms with Crippen molar-refractivity contribution in [3.63, 3.8) is 0 Å². The van der Waals surface area contributed by atoms with Crippen LogP contribution in [0.5, 0.6) is 0 Å². The summed E-state index contributed by atoms with van der Waals surface area (Å²) in [4.78, 5) is 0.193. The van der Waals surface area contributed by atoms with Crippen molar-refractivity contribution >= 4 is 15.7 Å². The Morgan fingerprint density at radius 2 is 2.05 bits per heavy atom. The molecule has 0 amide bonds. The molecule has 1 fully saturated rings. The van der Waals surface area contributed by atoms with Crippen LogP contribution in [0.25, 0.3) is 0 Å². The van der Waals surface area contributed by atoms with Crippen LogP contribution in [0.4, 0.5) is 5.69 Å². The molecule has 106 valence electrons. The van der Waals surface area contributed by atoms with Gasteiger partial charge < -0.3 is 10.2 Å². The van der Waals surface area contributed by atoms with Crippen molar-refractivity contribution in [1.82, 2.24) is 4.31 Å². The van der Waals surface area contributed by atoms with Gasteiger partial charge in [0, 0.05) is 12.6 Å². The van der Waals surface area contributed by atoms with Crippen LogP contribution in [-0.2, 0) is 14.8 Å². The molecule has 1 aliphatic heterocycles. The average Bonchev–Trinajstić information content (AvgIpc) is 2.41. The summed E-state index contributed by atoms with van der Waals surface area (Å²) < 4.78 is 32.3. The van der Waals surface area contributed by atoms with Crippen LogP contribution in [0, 0.1) is 0 Å². The Morgan fingerprint density at radius 1 is 1.37 bits per heavy atom. The maximum absolute atomic E-state index is 12.7. The number of para-hydroxylation sites is 1. The minimum Gasteiger partial charge on any atom is -0.375 e. The highest BCUT2D eigenvalue weighted by Crippen LogP contribution is 2.27. The van der Waals surface area contributed by atoms with Gasteiger partial charge in [-0.05, 0) is 26.0 Å². The van der Waals surface area contributed by atoms with Gasteiger partial charge in [0.25, 0.3) is 0 Å². The molecule has 6 nitrogen and oxygen atoms in total. The third-order valence-corrected chi connectivity index (χ3v) is 5.22. The highest BCUT2D eigenvalue weighted by molar-refractivity contribution is 7.89. The van der Waals surface area contributed by atoms with Crippen molar-refractivity contribution in [3.8, 4) is 0 Å². The fraction of sp³-hybridized carbons (Fsp3) is 0.500. The Balaban J connectivity index is 2.41. The van der Waals surface area contributed by atoms with Gasteiger partial charge in [0.1, 0.15) is 4.90 Å². The topological polar surface area (TPSA) is 84.7 Å². The molecule has 1 aromatic carbocycles. The van der Waals surface area contributed by atoms with E-state index in [1.807, 2.05) is 13.8 Å². The van der Waals surface area contributed by atoms with Crippen LogP contribution in [0.3, 0.4) is 0 Å². The third-order valence-electron chi connectivity index (χ3n) is 3.18. The number of hydrazine groups is 1. The molecule has 0 bridgehead atoms. The largest absolute Gasteiger partial charge is 0.375 e. The number of ether oxygens (including phenoxy) is 1. The zero-order valence-corrected chi connectivity index (χ0v) is 11.9. The molecule has 2 unspecified atom stereocenters. The maximum atomic E-state index is 12.7. The minimum absolute atomic E-state index is 0.107. The zero-order valence-electron chi connectivity index (χ0n) is 11.0. The van der Waals surface area contributed by atoms with E-state index in [0.717, 1.165) is 0 Å². The predicted octanol–water partition coefficient (Wildman–Crippen LogP) is 0.770. The second kappa shape index (κ2) is 5.46. The monoisotopic (exact) mass is 285 g/mol. The first kappa shape index (κ1) is 14.3. The highest BCUT2D eigenvalue weighted by Gasteiger charge is 2.35. The van der Waals surface area contributed by atoms with Crippen LogP contribution in [0.1, 0.15) is 13.8 Å². The van der Waals surface area contributed by atoms with E-state index in [2.05, 4.69) is 5.43 Å². The molecule has 1 saturated heterocycles. The van der Waals surface area contributed by atoms with Gasteiger partial charge in [-0.15, -0.1) is 0 Å². The van der Waals surface area contributed by atoms with E-state index >= 15 is 0 Å². The lowest BCUT2D eigenvalue weighted by atomic mass is 10.2. The van der Waals surface area contributed by atoms with Crippen LogP contribution in [0.15, 0.2) is 29.2 Å². The molecule has 1 aromatic rings. The van der Waals surface area contributed by atoms with E-state index in [4.69, 9.17) is 10.6 Å². The first-order valence-corrected chi connectivity index (χ1v) is 7.60. The quantitative estimate of drug-likeness (QED) is 0.633. The number of nitrogens with zero attached hydrogens (tertiary/aromatic N) is 1. The van der Waals surface area contributed by atoms with Crippen LogP contribution in [0.2, 0.25) is 0 Å². The Bertz CT molecular complexity index is 547. The number of hydrogen-bond acceptors (Lipinski definition) is 5. The van der Waals surface area contributed by atoms with Crippen molar-refractivity contribution in [2.24, 2.45) is 5.84 Å². The number of nitrogens with two attached hydrogens (primary N) is 1. The minimum atomic E-state index is -3.58. The predicted molar refractivity (Wildman–Crippen MR) is 73.0 cm³/mol. The first-order chi connectivity index (χ1) is 8.96. The lowest BCUT2D eigenvalue weighted by Gasteiger charge is -2.36. The molecule has 19 heavy (non-hydrogen) atoms. The second-order valence-corrected chi connectivity index (χ2v) is 6.57. The van der Waals surface area contributed by atoms with Crippen LogP contribution < -0.4 is 11.3 Å². The van der Waals surface area contributed by atoms with E-state index < -0.39 is 10.0 Å². The number of benzene rings is 1. The summed E-state index contributed by atoms with van der Waals surface area (Å²) in [5.41, 5.74) is 2.83. The van der Waals surface area contributed by atoms with E-state index in [1.165, 1.54) is 4.31 Å². The number of sulfonamides is 1. The van der Waals surface area contributed by atoms with Gasteiger partial charge in [-0.2, -0.15) is 4.31 Å². The normalized spacial score (nSPS) is 25.2. The van der Waals surface area contributed by atoms with Crippen molar-refractivity contribution in [3.05, 3.63) is 24.3 Å². The van der Waals surface area contributed by atoms with E-state index in [-0.39, 0.29) is 17.0 Å². The summed E-state index contributed by atoms with van der Waals surface area (Å²) in [6.07, 6.45) is -0.107. The Morgan fingerprint density at radius 3 is 2.74 bits per heavy atom. The van der Waals surface area contributed by atoms with E-state index in [9.17, 15) is 8.42 Å². The lowest BCUT2D eigenvalue weighted by molar-refractivity contribution is -0.0170. The summed E-state index contributed by atoms with van der Waals surface area (Å²) in [7, 11) is -3.58. The molecule has 3 N–H and O–H groups in total. The van der Waals surface area contributed by atoms with Gasteiger partial charge in [-0.3, -0.25) is 5.84 Å². The summed E-state index contributed by atoms with van der Waals surface area (Å²) in [5, 5.41) is 0. The van der Waals surface area contributed by atoms with Crippen molar-refractivity contribution in [1.29, 1.82) is 0 Å². The van der Waals surface area contributed by atoms with E-state index in [1.54, 1.807) is 24.3 Å². The number of nitrogen functional groups attached to an aromatic ring is 1. The smallest absolute Gasteiger partial charge is 0.245 e. The number of nitrogens with one attached hydrogen (secondary N) is 1. The second-order valence-electron chi connectivity index (χ2n) is 4.71. The SMILES string of the molecule is CC1CN(S(=O)(=O)c2ccccc2NN)C(C)CO1. The molecular weight excluding hydrogens is 266 g/mol. The first-order valence-electron chi connectivity index (χ1n) is 6.16. The van der Waals surface area contributed by atoms with Crippen LogP contribution >= 0.6 is 0 Å². The fourth-order valence-corrected chi connectivity index (χ4v) is 3.99. The van der Waals surface area contributed by atoms with Crippen molar-refractivity contribution < 1.29 is 13.2 Å². The Hall–Kier alpha value is -1.15. The third kappa shape index (κ3) is 2.74. The van der Waals surface area contributed by atoms with Gasteiger partial charge >= 0.3 is 0 Å². The molecule has 2 atom stereocenters. The van der Waals surface area contributed by atoms with Gasteiger partial charge in [-0.1, -0.05) is 12.1 Å². The van der Waals surface area contributed by atoms with Crippen molar-refractivity contribution in [2.45, 2.75) is 30.9 Å². The van der Waals surface area contributed by atoms with Gasteiger partial charge in [0.05, 0.1) is 18.4 Å². The van der Waals surface area contributed by atoms with E-state index in [0.29, 0.717) is 18.8 Å². The summed E-state index contributed by atoms with van der Waals surface area (Å²) >= 11 is 0. The summed E-state index contributed by atoms with van der Waals surface area (Å²) in [6, 6.07) is 6.42. The fourth-order valence-electron chi connectivity index (χ4n) is 2.14. The van der Waals surface area contributed by atoms with Crippen molar-refractivity contribution in [2.75, 3.05) is 18.6 Å². The summed E-state index contributed by atoms with van der Waals surface area (Å²) in [6.45, 7) is 4.45. The standard InChI is InChI=1S/C12H19N3O3S/c1-9-8-18-10(2)7-15(9)19(16,17)12-6-4-3-5-11(12)14-13/h3-6,9-10,14H,7-8,13H2,1-2H3. The molecule has 7 heteroatoms. The molecule has 0 spiro atoms.